The molecule has 0 amide bonds. The average molecular weight is 269 g/mol. The van der Waals surface area contributed by atoms with Crippen molar-refractivity contribution < 1.29 is 14.6 Å². The van der Waals surface area contributed by atoms with E-state index in [-0.39, 0.29) is 12.1 Å². The van der Waals surface area contributed by atoms with Crippen LogP contribution in [0.4, 0.5) is 0 Å². The number of nitrogens with zero attached hydrogens (tertiary/aromatic N) is 1. The molecular weight excluding hydrogens is 242 g/mol. The molecule has 0 aromatic carbocycles. The third-order valence-corrected chi connectivity index (χ3v) is 4.85. The van der Waals surface area contributed by atoms with Crippen LogP contribution in [-0.2, 0) is 9.47 Å². The highest BCUT2D eigenvalue weighted by Gasteiger charge is 2.47. The second-order valence-corrected chi connectivity index (χ2v) is 6.72. The molecule has 3 fully saturated rings. The predicted molar refractivity (Wildman–Crippen MR) is 72.8 cm³/mol. The molecule has 0 radical (unpaired) electrons. The van der Waals surface area contributed by atoms with Crippen LogP contribution >= 0.6 is 0 Å². The van der Waals surface area contributed by atoms with E-state index in [1.54, 1.807) is 0 Å². The Morgan fingerprint density at radius 1 is 1.21 bits per heavy atom. The van der Waals surface area contributed by atoms with Gasteiger partial charge in [-0.15, -0.1) is 0 Å². The second-order valence-electron chi connectivity index (χ2n) is 6.72. The molecule has 4 nitrogen and oxygen atoms in total. The molecule has 1 N–H and O–H groups in total. The van der Waals surface area contributed by atoms with Crippen LogP contribution in [0.1, 0.15) is 46.0 Å². The van der Waals surface area contributed by atoms with Gasteiger partial charge in [-0.25, -0.2) is 0 Å². The lowest BCUT2D eigenvalue weighted by Crippen LogP contribution is -2.55. The van der Waals surface area contributed by atoms with E-state index in [0.717, 1.165) is 31.7 Å². The zero-order chi connectivity index (χ0) is 13.5. The molecule has 2 unspecified atom stereocenters. The minimum absolute atomic E-state index is 0.187. The van der Waals surface area contributed by atoms with Crippen LogP contribution in [0.25, 0.3) is 0 Å². The Labute approximate surface area is 116 Å². The van der Waals surface area contributed by atoms with Gasteiger partial charge in [-0.1, -0.05) is 0 Å². The van der Waals surface area contributed by atoms with Gasteiger partial charge in [0.25, 0.3) is 0 Å². The fourth-order valence-electron chi connectivity index (χ4n) is 3.54. The van der Waals surface area contributed by atoms with E-state index in [1.807, 2.05) is 0 Å². The lowest BCUT2D eigenvalue weighted by atomic mass is 9.85. The van der Waals surface area contributed by atoms with Gasteiger partial charge in [0, 0.05) is 31.5 Å². The van der Waals surface area contributed by atoms with Gasteiger partial charge >= 0.3 is 0 Å². The number of hydrogen-bond acceptors (Lipinski definition) is 4. The topological polar surface area (TPSA) is 41.9 Å². The van der Waals surface area contributed by atoms with Gasteiger partial charge in [-0.2, -0.15) is 0 Å². The summed E-state index contributed by atoms with van der Waals surface area (Å²) in [5.41, 5.74) is 0. The monoisotopic (exact) mass is 269 g/mol. The summed E-state index contributed by atoms with van der Waals surface area (Å²) in [6.07, 6.45) is 4.91. The second kappa shape index (κ2) is 5.32. The first-order chi connectivity index (χ1) is 9.10. The molecule has 1 aliphatic heterocycles. The number of rotatable bonds is 4. The molecule has 0 aromatic rings. The fraction of sp³-hybridized carbons (Fsp3) is 1.00. The Kier molecular flexibility index (Phi) is 3.87. The molecule has 4 heteroatoms. The van der Waals surface area contributed by atoms with E-state index in [9.17, 15) is 5.11 Å². The summed E-state index contributed by atoms with van der Waals surface area (Å²) in [7, 11) is 0. The first-order valence-electron chi connectivity index (χ1n) is 7.81. The highest BCUT2D eigenvalue weighted by atomic mass is 16.7. The Balaban J connectivity index is 1.71. The average Bonchev–Trinajstić information content (AvgIpc) is 3.09. The third kappa shape index (κ3) is 2.97. The van der Waals surface area contributed by atoms with Gasteiger partial charge in [-0.05, 0) is 39.0 Å². The minimum Gasteiger partial charge on any atom is -0.391 e. The van der Waals surface area contributed by atoms with E-state index < -0.39 is 5.79 Å². The van der Waals surface area contributed by atoms with Gasteiger partial charge in [0.05, 0.1) is 19.3 Å². The zero-order valence-corrected chi connectivity index (χ0v) is 12.2. The smallest absolute Gasteiger partial charge is 0.170 e. The Hall–Kier alpha value is -0.160. The number of hydrogen-bond donors (Lipinski definition) is 1. The van der Waals surface area contributed by atoms with Gasteiger partial charge in [0.15, 0.2) is 5.79 Å². The maximum atomic E-state index is 10.4. The molecule has 3 rings (SSSR count). The van der Waals surface area contributed by atoms with Crippen molar-refractivity contribution in [3.05, 3.63) is 0 Å². The van der Waals surface area contributed by atoms with Crippen LogP contribution in [0.2, 0.25) is 0 Å². The molecule has 3 aliphatic rings. The highest BCUT2D eigenvalue weighted by Crippen LogP contribution is 2.40. The molecule has 2 saturated carbocycles. The van der Waals surface area contributed by atoms with Crippen LogP contribution < -0.4 is 0 Å². The summed E-state index contributed by atoms with van der Waals surface area (Å²) >= 11 is 0. The SMILES string of the molecule is CC(C)N(CC1CC1)C1CC2(CCC1O)OCCO2. The molecular formula is C15H27NO3. The van der Waals surface area contributed by atoms with E-state index in [0.29, 0.717) is 19.3 Å². The normalized spacial score (nSPS) is 34.6. The first kappa shape index (κ1) is 13.8. The van der Waals surface area contributed by atoms with Crippen molar-refractivity contribution in [3.63, 3.8) is 0 Å². The lowest BCUT2D eigenvalue weighted by Gasteiger charge is -2.45. The van der Waals surface area contributed by atoms with Gasteiger partial charge in [-0.3, -0.25) is 4.90 Å². The van der Waals surface area contributed by atoms with E-state index in [2.05, 4.69) is 18.7 Å². The van der Waals surface area contributed by atoms with Crippen LogP contribution in [0, 0.1) is 5.92 Å². The summed E-state index contributed by atoms with van der Waals surface area (Å²) in [6.45, 7) is 6.98. The first-order valence-corrected chi connectivity index (χ1v) is 7.81. The van der Waals surface area contributed by atoms with Crippen molar-refractivity contribution in [1.82, 2.24) is 4.90 Å². The fourth-order valence-corrected chi connectivity index (χ4v) is 3.54. The number of ether oxygens (including phenoxy) is 2. The number of aliphatic hydroxyl groups excluding tert-OH is 1. The van der Waals surface area contributed by atoms with E-state index >= 15 is 0 Å². The van der Waals surface area contributed by atoms with Crippen molar-refractivity contribution in [2.75, 3.05) is 19.8 Å². The maximum absolute atomic E-state index is 10.4. The standard InChI is InChI=1S/C15H27NO3/c1-11(2)16(10-12-3-4-12)13-9-15(6-5-14(13)17)18-7-8-19-15/h11-14,17H,3-10H2,1-2H3. The van der Waals surface area contributed by atoms with Crippen LogP contribution in [0.15, 0.2) is 0 Å². The molecule has 110 valence electrons. The summed E-state index contributed by atoms with van der Waals surface area (Å²) in [6, 6.07) is 0.657. The highest BCUT2D eigenvalue weighted by molar-refractivity contribution is 4.95. The Morgan fingerprint density at radius 2 is 1.89 bits per heavy atom. The minimum atomic E-state index is -0.402. The van der Waals surface area contributed by atoms with Crippen LogP contribution in [0.3, 0.4) is 0 Å². The van der Waals surface area contributed by atoms with Gasteiger partial charge in [0.1, 0.15) is 0 Å². The molecule has 1 heterocycles. The van der Waals surface area contributed by atoms with Crippen LogP contribution in [-0.4, -0.2) is 53.7 Å². The van der Waals surface area contributed by atoms with E-state index in [4.69, 9.17) is 9.47 Å². The maximum Gasteiger partial charge on any atom is 0.170 e. The third-order valence-electron chi connectivity index (χ3n) is 4.85. The van der Waals surface area contributed by atoms with Crippen molar-refractivity contribution >= 4 is 0 Å². The molecule has 1 saturated heterocycles. The molecule has 2 atom stereocenters. The largest absolute Gasteiger partial charge is 0.391 e. The number of aliphatic hydroxyl groups is 1. The van der Waals surface area contributed by atoms with Gasteiger partial charge in [0.2, 0.25) is 0 Å². The van der Waals surface area contributed by atoms with Crippen molar-refractivity contribution in [3.8, 4) is 0 Å². The van der Waals surface area contributed by atoms with Crippen molar-refractivity contribution in [2.24, 2.45) is 5.92 Å². The molecule has 0 bridgehead atoms. The van der Waals surface area contributed by atoms with Crippen molar-refractivity contribution in [1.29, 1.82) is 0 Å². The predicted octanol–water partition coefficient (Wildman–Crippen LogP) is 1.76. The summed E-state index contributed by atoms with van der Waals surface area (Å²) in [5.74, 6) is 0.443. The zero-order valence-electron chi connectivity index (χ0n) is 12.2. The Morgan fingerprint density at radius 3 is 2.47 bits per heavy atom. The lowest BCUT2D eigenvalue weighted by molar-refractivity contribution is -0.207. The summed E-state index contributed by atoms with van der Waals surface area (Å²) in [5, 5.41) is 10.4. The summed E-state index contributed by atoms with van der Waals surface area (Å²) in [4.78, 5) is 2.48. The van der Waals surface area contributed by atoms with Gasteiger partial charge < -0.3 is 14.6 Å². The van der Waals surface area contributed by atoms with Crippen molar-refractivity contribution in [2.45, 2.75) is 69.9 Å². The molecule has 2 aliphatic carbocycles. The van der Waals surface area contributed by atoms with E-state index in [1.165, 1.54) is 12.8 Å². The molecule has 19 heavy (non-hydrogen) atoms. The quantitative estimate of drug-likeness (QED) is 0.844. The Bertz CT molecular complexity index is 311. The molecule has 1 spiro atoms. The summed E-state index contributed by atoms with van der Waals surface area (Å²) < 4.78 is 11.7. The molecule has 0 aromatic heterocycles. The van der Waals surface area contributed by atoms with Crippen LogP contribution in [0.5, 0.6) is 0 Å².